The van der Waals surface area contributed by atoms with E-state index < -0.39 is 13.6 Å². The molecule has 3 heteroatoms. The summed E-state index contributed by atoms with van der Waals surface area (Å²) in [6, 6.07) is 32.3. The molecule has 0 saturated carbocycles. The minimum absolute atomic E-state index is 0. The number of aliphatic hydroxyl groups is 1. The zero-order valence-electron chi connectivity index (χ0n) is 13.6. The van der Waals surface area contributed by atoms with Crippen molar-refractivity contribution in [3.8, 4) is 0 Å². The van der Waals surface area contributed by atoms with E-state index in [0.29, 0.717) is 0 Å². The van der Waals surface area contributed by atoms with Crippen molar-refractivity contribution in [2.24, 2.45) is 0 Å². The Morgan fingerprint density at radius 3 is 1.46 bits per heavy atom. The van der Waals surface area contributed by atoms with Gasteiger partial charge in [-0.15, -0.1) is 0 Å². The Bertz CT molecular complexity index is 677. The van der Waals surface area contributed by atoms with Gasteiger partial charge in [-0.3, -0.25) is 0 Å². The van der Waals surface area contributed by atoms with Crippen molar-refractivity contribution in [3.05, 3.63) is 96.6 Å². The van der Waals surface area contributed by atoms with Crippen LogP contribution in [0.2, 0.25) is 5.21 Å². The van der Waals surface area contributed by atoms with Crippen molar-refractivity contribution in [1.29, 1.82) is 0 Å². The van der Waals surface area contributed by atoms with E-state index in [4.69, 9.17) is 0 Å². The van der Waals surface area contributed by atoms with Crippen LogP contribution in [0.1, 0.15) is 5.56 Å². The van der Waals surface area contributed by atoms with E-state index in [1.54, 1.807) is 0 Å². The Labute approximate surface area is 157 Å². The molecule has 0 radical (unpaired) electrons. The van der Waals surface area contributed by atoms with Crippen LogP contribution >= 0.6 is 0 Å². The average molecular weight is 445 g/mol. The molecule has 0 aliphatic carbocycles. The summed E-state index contributed by atoms with van der Waals surface area (Å²) in [5.41, 5.74) is 1.36. The molecular weight excluding hydrogens is 423 g/mol. The van der Waals surface area contributed by atoms with Crippen LogP contribution in [0.15, 0.2) is 91.0 Å². The number of rotatable bonds is 6. The molecule has 124 valence electrons. The summed E-state index contributed by atoms with van der Waals surface area (Å²) < 4.78 is 2.85. The molecule has 0 aromatic heterocycles. The van der Waals surface area contributed by atoms with Gasteiger partial charge in [-0.25, -0.2) is 0 Å². The van der Waals surface area contributed by atoms with E-state index in [0.717, 1.165) is 10.4 Å². The van der Waals surface area contributed by atoms with Crippen LogP contribution in [0, 0.1) is 0 Å². The summed E-state index contributed by atoms with van der Waals surface area (Å²) in [5.74, 6) is 0. The Balaban J connectivity index is 0.00000208. The fourth-order valence-corrected chi connectivity index (χ4v) is 11.6. The van der Waals surface area contributed by atoms with Gasteiger partial charge in [-0.1, -0.05) is 0 Å². The van der Waals surface area contributed by atoms with Gasteiger partial charge in [0.15, 0.2) is 0 Å². The fraction of sp³-hybridized carbons (Fsp3) is 0.143. The Hall–Kier alpha value is -1.34. The van der Waals surface area contributed by atoms with Crippen molar-refractivity contribution < 1.29 is 22.1 Å². The Morgan fingerprint density at radius 2 is 1.04 bits per heavy atom. The molecule has 0 heterocycles. The number of benzene rings is 3. The summed E-state index contributed by atoms with van der Waals surface area (Å²) in [5, 5.41) is 11.8. The topological polar surface area (TPSA) is 20.2 Å². The molecule has 0 aliphatic rings. The van der Waals surface area contributed by atoms with Crippen molar-refractivity contribution in [2.45, 2.75) is 10.4 Å². The quantitative estimate of drug-likeness (QED) is 0.532. The third kappa shape index (κ3) is 4.19. The SMILES string of the molecule is OCC[As+](Cc1ccccc1)(c1ccccc1)c1ccccc1.[Br-]. The van der Waals surface area contributed by atoms with E-state index in [-0.39, 0.29) is 23.6 Å². The molecule has 0 atom stereocenters. The smallest absolute Gasteiger partial charge is 1.00 e. The summed E-state index contributed by atoms with van der Waals surface area (Å²) in [6.45, 7) is 0.240. The Kier molecular flexibility index (Phi) is 7.30. The van der Waals surface area contributed by atoms with Crippen LogP contribution in [-0.4, -0.2) is 25.3 Å². The third-order valence-electron chi connectivity index (χ3n) is 4.28. The second-order valence-corrected chi connectivity index (χ2v) is 13.6. The number of halogens is 1. The summed E-state index contributed by atoms with van der Waals surface area (Å²) >= 11 is -2.47. The predicted octanol–water partition coefficient (Wildman–Crippen LogP) is 0.0278. The van der Waals surface area contributed by atoms with Gasteiger partial charge in [0.2, 0.25) is 0 Å². The molecular formula is C21H22AsBrO. The van der Waals surface area contributed by atoms with Gasteiger partial charge in [0, 0.05) is 0 Å². The molecule has 0 amide bonds. The van der Waals surface area contributed by atoms with E-state index in [1.807, 2.05) is 0 Å². The maximum Gasteiger partial charge on any atom is -1.00 e. The standard InChI is InChI=1S/C21H22AsO.BrH/c23-17-16-22(20-12-6-2-7-13-20,21-14-8-3-9-15-21)18-19-10-4-1-5-11-19;/h1-15,23H,16-18H2;1H/q+1;/p-1. The van der Waals surface area contributed by atoms with Gasteiger partial charge < -0.3 is 17.0 Å². The maximum absolute atomic E-state index is 9.85. The largest absolute Gasteiger partial charge is 1.00 e. The minimum atomic E-state index is -2.47. The predicted molar refractivity (Wildman–Crippen MR) is 99.9 cm³/mol. The molecule has 0 bridgehead atoms. The van der Waals surface area contributed by atoms with Crippen LogP contribution in [0.4, 0.5) is 0 Å². The third-order valence-corrected chi connectivity index (χ3v) is 13.6. The van der Waals surface area contributed by atoms with E-state index in [9.17, 15) is 5.11 Å². The van der Waals surface area contributed by atoms with Gasteiger partial charge in [0.1, 0.15) is 0 Å². The van der Waals surface area contributed by atoms with Crippen LogP contribution in [0.25, 0.3) is 0 Å². The van der Waals surface area contributed by atoms with Crippen molar-refractivity contribution in [3.63, 3.8) is 0 Å². The molecule has 3 aromatic carbocycles. The second-order valence-electron chi connectivity index (χ2n) is 5.73. The first-order valence-electron chi connectivity index (χ1n) is 7.98. The van der Waals surface area contributed by atoms with E-state index in [2.05, 4.69) is 91.0 Å². The summed E-state index contributed by atoms with van der Waals surface area (Å²) in [6.07, 6.45) is 0. The van der Waals surface area contributed by atoms with Gasteiger partial charge in [-0.05, 0) is 0 Å². The van der Waals surface area contributed by atoms with Crippen LogP contribution < -0.4 is 25.7 Å². The van der Waals surface area contributed by atoms with Crippen molar-refractivity contribution in [1.82, 2.24) is 0 Å². The van der Waals surface area contributed by atoms with Crippen LogP contribution in [0.5, 0.6) is 0 Å². The first-order valence-corrected chi connectivity index (χ1v) is 12.5. The molecule has 0 unspecified atom stereocenters. The van der Waals surface area contributed by atoms with Gasteiger partial charge in [-0.2, -0.15) is 0 Å². The maximum atomic E-state index is 9.85. The van der Waals surface area contributed by atoms with Crippen molar-refractivity contribution in [2.75, 3.05) is 6.61 Å². The van der Waals surface area contributed by atoms with Crippen molar-refractivity contribution >= 4 is 22.3 Å². The van der Waals surface area contributed by atoms with Gasteiger partial charge >= 0.3 is 141 Å². The number of hydrogen-bond acceptors (Lipinski definition) is 1. The molecule has 1 N–H and O–H groups in total. The van der Waals surface area contributed by atoms with Gasteiger partial charge in [0.25, 0.3) is 0 Å². The molecule has 3 aromatic rings. The first kappa shape index (κ1) is 19.0. The molecule has 1 nitrogen and oxygen atoms in total. The zero-order chi connectivity index (χ0) is 16.0. The normalized spacial score (nSPS) is 10.9. The fourth-order valence-electron chi connectivity index (χ4n) is 3.16. The molecule has 0 saturated heterocycles. The number of hydrogen-bond donors (Lipinski definition) is 1. The molecule has 0 aliphatic heterocycles. The molecule has 0 spiro atoms. The monoisotopic (exact) mass is 444 g/mol. The zero-order valence-corrected chi connectivity index (χ0v) is 17.0. The Morgan fingerprint density at radius 1 is 0.625 bits per heavy atom. The molecule has 3 rings (SSSR count). The first-order chi connectivity index (χ1) is 11.3. The molecule has 0 fully saturated rings. The number of aliphatic hydroxyl groups excluding tert-OH is 1. The van der Waals surface area contributed by atoms with E-state index >= 15 is 0 Å². The molecule has 24 heavy (non-hydrogen) atoms. The second kappa shape index (κ2) is 9.22. The minimum Gasteiger partial charge on any atom is -1.00 e. The van der Waals surface area contributed by atoms with Crippen LogP contribution in [0.3, 0.4) is 0 Å². The van der Waals surface area contributed by atoms with Crippen LogP contribution in [-0.2, 0) is 5.21 Å². The van der Waals surface area contributed by atoms with E-state index in [1.165, 1.54) is 14.3 Å². The average Bonchev–Trinajstić information content (AvgIpc) is 2.64. The summed E-state index contributed by atoms with van der Waals surface area (Å²) in [4.78, 5) is 0. The summed E-state index contributed by atoms with van der Waals surface area (Å²) in [7, 11) is 0. The van der Waals surface area contributed by atoms with Gasteiger partial charge in [0.05, 0.1) is 0 Å².